The van der Waals surface area contributed by atoms with E-state index >= 15 is 0 Å². The number of aryl methyl sites for hydroxylation is 1. The average molecular weight is 356 g/mol. The maximum atomic E-state index is 15.0. The first-order valence-corrected chi connectivity index (χ1v) is 8.50. The van der Waals surface area contributed by atoms with E-state index < -0.39 is 17.5 Å². The van der Waals surface area contributed by atoms with Crippen LogP contribution >= 0.6 is 0 Å². The molecule has 3 rings (SSSR count). The highest BCUT2D eigenvalue weighted by atomic mass is 19.2. The molecule has 26 heavy (non-hydrogen) atoms. The average Bonchev–Trinajstić information content (AvgIpc) is 2.66. The number of ether oxygens (including phenoxy) is 1. The van der Waals surface area contributed by atoms with Crippen molar-refractivity contribution in [2.24, 2.45) is 0 Å². The Bertz CT molecular complexity index is 960. The third-order valence-corrected chi connectivity index (χ3v) is 4.33. The summed E-state index contributed by atoms with van der Waals surface area (Å²) in [4.78, 5) is 0. The predicted octanol–water partition coefficient (Wildman–Crippen LogP) is 6.44. The molecule has 0 N–H and O–H groups in total. The van der Waals surface area contributed by atoms with Gasteiger partial charge in [-0.2, -0.15) is 4.39 Å². The molecule has 1 nitrogen and oxygen atoms in total. The lowest BCUT2D eigenvalue weighted by molar-refractivity contribution is 0.334. The second-order valence-corrected chi connectivity index (χ2v) is 5.96. The van der Waals surface area contributed by atoms with Gasteiger partial charge in [0.2, 0.25) is 5.82 Å². The van der Waals surface area contributed by atoms with Crippen molar-refractivity contribution in [3.05, 3.63) is 77.6 Å². The van der Waals surface area contributed by atoms with Gasteiger partial charge in [-0.15, -0.1) is 0 Å². The fraction of sp³-hybridized carbons (Fsp3) is 0.182. The van der Waals surface area contributed by atoms with E-state index in [2.05, 4.69) is 0 Å². The fourth-order valence-electron chi connectivity index (χ4n) is 2.84. The maximum absolute atomic E-state index is 15.0. The first-order chi connectivity index (χ1) is 12.6. The van der Waals surface area contributed by atoms with Gasteiger partial charge in [-0.05, 0) is 35.9 Å². The zero-order valence-corrected chi connectivity index (χ0v) is 14.7. The number of hydrogen-bond acceptors (Lipinski definition) is 1. The van der Waals surface area contributed by atoms with E-state index in [0.29, 0.717) is 5.56 Å². The topological polar surface area (TPSA) is 9.23 Å². The van der Waals surface area contributed by atoms with Crippen LogP contribution in [-0.4, -0.2) is 6.61 Å². The molecule has 0 aliphatic carbocycles. The Kier molecular flexibility index (Phi) is 5.31. The minimum atomic E-state index is -1.23. The van der Waals surface area contributed by atoms with E-state index in [1.807, 2.05) is 19.1 Å². The number of allylic oxidation sites excluding steroid dienone is 1. The molecule has 0 fully saturated rings. The molecule has 4 heteroatoms. The molecule has 0 heterocycles. The Balaban J connectivity index is 2.10. The number of halogens is 3. The minimum absolute atomic E-state index is 0.114. The fourth-order valence-corrected chi connectivity index (χ4v) is 2.84. The van der Waals surface area contributed by atoms with E-state index in [1.165, 1.54) is 6.07 Å². The molecule has 0 bridgehead atoms. The van der Waals surface area contributed by atoms with Crippen molar-refractivity contribution in [3.8, 4) is 16.9 Å². The highest BCUT2D eigenvalue weighted by Crippen LogP contribution is 2.35. The highest BCUT2D eigenvalue weighted by Gasteiger charge is 2.20. The Morgan fingerprint density at radius 1 is 0.923 bits per heavy atom. The molecule has 0 aliphatic heterocycles. The third-order valence-electron chi connectivity index (χ3n) is 4.33. The zero-order chi connectivity index (χ0) is 18.7. The van der Waals surface area contributed by atoms with E-state index in [0.717, 1.165) is 12.0 Å². The van der Waals surface area contributed by atoms with Gasteiger partial charge < -0.3 is 4.74 Å². The summed E-state index contributed by atoms with van der Waals surface area (Å²) in [6.07, 6.45) is 4.28. The van der Waals surface area contributed by atoms with Gasteiger partial charge in [0, 0.05) is 5.56 Å². The summed E-state index contributed by atoms with van der Waals surface area (Å²) in [5.41, 5.74) is 1.98. The van der Waals surface area contributed by atoms with Crippen LogP contribution in [-0.2, 0) is 6.42 Å². The van der Waals surface area contributed by atoms with Crippen LogP contribution < -0.4 is 4.74 Å². The molecule has 0 saturated carbocycles. The molecule has 3 aromatic rings. The van der Waals surface area contributed by atoms with Crippen LogP contribution in [0.5, 0.6) is 5.75 Å². The Morgan fingerprint density at radius 2 is 1.65 bits per heavy atom. The molecule has 0 spiro atoms. The first-order valence-electron chi connectivity index (χ1n) is 8.50. The molecule has 0 atom stereocenters. The van der Waals surface area contributed by atoms with Crippen molar-refractivity contribution in [2.75, 3.05) is 6.61 Å². The molecule has 0 aliphatic rings. The van der Waals surface area contributed by atoms with Crippen molar-refractivity contribution < 1.29 is 17.9 Å². The van der Waals surface area contributed by atoms with Gasteiger partial charge in [-0.1, -0.05) is 55.5 Å². The summed E-state index contributed by atoms with van der Waals surface area (Å²) in [6, 6.07) is 11.8. The van der Waals surface area contributed by atoms with Gasteiger partial charge in [0.05, 0.1) is 5.39 Å². The van der Waals surface area contributed by atoms with Gasteiger partial charge in [-0.3, -0.25) is 0 Å². The van der Waals surface area contributed by atoms with Crippen molar-refractivity contribution in [3.63, 3.8) is 0 Å². The van der Waals surface area contributed by atoms with E-state index in [4.69, 9.17) is 4.74 Å². The standard InChI is InChI=1S/C22H19F3O/c1-3-5-12-26-18-13-16-10-11-17(15-8-6-14(4-2)7-9-15)20(23)19(16)22(25)21(18)24/h3,5-11,13H,4,12H2,1-2H3. The summed E-state index contributed by atoms with van der Waals surface area (Å²) in [5, 5.41) is -0.108. The lowest BCUT2D eigenvalue weighted by atomic mass is 9.98. The third kappa shape index (κ3) is 3.32. The summed E-state index contributed by atoms with van der Waals surface area (Å²) >= 11 is 0. The lowest BCUT2D eigenvalue weighted by Crippen LogP contribution is -2.00. The minimum Gasteiger partial charge on any atom is -0.486 e. The van der Waals surface area contributed by atoms with Crippen LogP contribution in [0.3, 0.4) is 0 Å². The first kappa shape index (κ1) is 18.1. The monoisotopic (exact) mass is 356 g/mol. The maximum Gasteiger partial charge on any atom is 0.201 e. The van der Waals surface area contributed by atoms with Crippen molar-refractivity contribution in [1.29, 1.82) is 0 Å². The van der Waals surface area contributed by atoms with E-state index in [1.54, 1.807) is 43.3 Å². The van der Waals surface area contributed by atoms with Gasteiger partial charge in [-0.25, -0.2) is 8.78 Å². The summed E-state index contributed by atoms with van der Waals surface area (Å²) in [5.74, 6) is -3.42. The quantitative estimate of drug-likeness (QED) is 0.478. The zero-order valence-electron chi connectivity index (χ0n) is 14.7. The number of hydrogen-bond donors (Lipinski definition) is 0. The van der Waals surface area contributed by atoms with E-state index in [-0.39, 0.29) is 28.7 Å². The van der Waals surface area contributed by atoms with E-state index in [9.17, 15) is 13.2 Å². The lowest BCUT2D eigenvalue weighted by Gasteiger charge is -2.12. The molecule has 3 aromatic carbocycles. The number of benzene rings is 3. The van der Waals surface area contributed by atoms with Gasteiger partial charge in [0.15, 0.2) is 11.6 Å². The van der Waals surface area contributed by atoms with Gasteiger partial charge in [0.1, 0.15) is 12.4 Å². The van der Waals surface area contributed by atoms with Crippen LogP contribution in [0.4, 0.5) is 13.2 Å². The largest absolute Gasteiger partial charge is 0.486 e. The van der Waals surface area contributed by atoms with Crippen LogP contribution in [0, 0.1) is 17.5 Å². The molecule has 0 saturated heterocycles. The second kappa shape index (κ2) is 7.65. The van der Waals surface area contributed by atoms with Crippen LogP contribution in [0.2, 0.25) is 0 Å². The normalized spacial score (nSPS) is 11.4. The molecule has 0 amide bonds. The second-order valence-electron chi connectivity index (χ2n) is 5.96. The molecule has 0 unspecified atom stereocenters. The molecule has 0 aromatic heterocycles. The summed E-state index contributed by atoms with van der Waals surface area (Å²) < 4.78 is 49.0. The molecule has 0 radical (unpaired) electrons. The van der Waals surface area contributed by atoms with Gasteiger partial charge in [0.25, 0.3) is 0 Å². The Morgan fingerprint density at radius 3 is 2.31 bits per heavy atom. The van der Waals surface area contributed by atoms with Crippen LogP contribution in [0.25, 0.3) is 21.9 Å². The number of fused-ring (bicyclic) bond motifs is 1. The Labute approximate surface area is 150 Å². The van der Waals surface area contributed by atoms with Gasteiger partial charge >= 0.3 is 0 Å². The highest BCUT2D eigenvalue weighted by molar-refractivity contribution is 5.90. The predicted molar refractivity (Wildman–Crippen MR) is 98.9 cm³/mol. The number of rotatable bonds is 5. The molecular weight excluding hydrogens is 337 g/mol. The summed E-state index contributed by atoms with van der Waals surface area (Å²) in [7, 11) is 0. The van der Waals surface area contributed by atoms with Crippen molar-refractivity contribution >= 4 is 10.8 Å². The molecule has 134 valence electrons. The SMILES string of the molecule is CC=CCOc1cc2ccc(-c3ccc(CC)cc3)c(F)c2c(F)c1F. The van der Waals surface area contributed by atoms with Crippen LogP contribution in [0.15, 0.2) is 54.6 Å². The molecular formula is C22H19F3O. The Hall–Kier alpha value is -2.75. The summed E-state index contributed by atoms with van der Waals surface area (Å²) in [6.45, 7) is 3.94. The van der Waals surface area contributed by atoms with Crippen molar-refractivity contribution in [1.82, 2.24) is 0 Å². The van der Waals surface area contributed by atoms with Crippen LogP contribution in [0.1, 0.15) is 19.4 Å². The van der Waals surface area contributed by atoms with Crippen molar-refractivity contribution in [2.45, 2.75) is 20.3 Å². The smallest absolute Gasteiger partial charge is 0.201 e.